The quantitative estimate of drug-likeness (QED) is 0.880. The number of hydrogen-bond donors (Lipinski definition) is 1. The van der Waals surface area contributed by atoms with Crippen LogP contribution in [0.15, 0.2) is 60.7 Å². The van der Waals surface area contributed by atoms with Crippen LogP contribution >= 0.6 is 0 Å². The van der Waals surface area contributed by atoms with Gasteiger partial charge in [0.05, 0.1) is 0 Å². The van der Waals surface area contributed by atoms with Crippen molar-refractivity contribution in [2.24, 2.45) is 0 Å². The Morgan fingerprint density at radius 2 is 1.41 bits per heavy atom. The van der Waals surface area contributed by atoms with Crippen molar-refractivity contribution in [2.45, 2.75) is 25.3 Å². The van der Waals surface area contributed by atoms with Crippen molar-refractivity contribution in [2.75, 3.05) is 26.2 Å². The summed E-state index contributed by atoms with van der Waals surface area (Å²) in [6.45, 7) is 4.59. The minimum absolute atomic E-state index is 0.643. The predicted octanol–water partition coefficient (Wildman–Crippen LogP) is 3.14. The smallest absolute Gasteiger partial charge is 0.0140 e. The number of piperazine rings is 1. The average molecular weight is 294 g/mol. The van der Waals surface area contributed by atoms with Gasteiger partial charge in [-0.25, -0.2) is 0 Å². The van der Waals surface area contributed by atoms with Crippen molar-refractivity contribution in [3.8, 4) is 0 Å². The SMILES string of the molecule is c1ccc(CCC(Cc2ccccc2)N2CCNCC2)cc1. The summed E-state index contributed by atoms with van der Waals surface area (Å²) in [5.74, 6) is 0. The lowest BCUT2D eigenvalue weighted by Crippen LogP contribution is -2.49. The Balaban J connectivity index is 1.65. The van der Waals surface area contributed by atoms with Crippen LogP contribution in [0.25, 0.3) is 0 Å². The third kappa shape index (κ3) is 4.43. The number of nitrogens with zero attached hydrogens (tertiary/aromatic N) is 1. The Hall–Kier alpha value is -1.64. The highest BCUT2D eigenvalue weighted by molar-refractivity contribution is 5.17. The van der Waals surface area contributed by atoms with Crippen LogP contribution in [-0.2, 0) is 12.8 Å². The van der Waals surface area contributed by atoms with Gasteiger partial charge in [0, 0.05) is 32.2 Å². The third-order valence-electron chi connectivity index (χ3n) is 4.59. The fraction of sp³-hybridized carbons (Fsp3) is 0.400. The monoisotopic (exact) mass is 294 g/mol. The molecule has 0 aromatic heterocycles. The van der Waals surface area contributed by atoms with Gasteiger partial charge in [0.15, 0.2) is 0 Å². The van der Waals surface area contributed by atoms with E-state index in [1.807, 2.05) is 0 Å². The summed E-state index contributed by atoms with van der Waals surface area (Å²) in [7, 11) is 0. The van der Waals surface area contributed by atoms with Crippen molar-refractivity contribution < 1.29 is 0 Å². The number of rotatable bonds is 6. The maximum atomic E-state index is 3.47. The molecule has 1 atom stereocenters. The van der Waals surface area contributed by atoms with E-state index in [1.165, 1.54) is 37.1 Å². The van der Waals surface area contributed by atoms with Crippen molar-refractivity contribution >= 4 is 0 Å². The molecule has 1 saturated heterocycles. The molecular weight excluding hydrogens is 268 g/mol. The van der Waals surface area contributed by atoms with E-state index >= 15 is 0 Å². The van der Waals surface area contributed by atoms with E-state index in [4.69, 9.17) is 0 Å². The van der Waals surface area contributed by atoms with Crippen LogP contribution in [0.5, 0.6) is 0 Å². The van der Waals surface area contributed by atoms with Gasteiger partial charge in [-0.15, -0.1) is 0 Å². The summed E-state index contributed by atoms with van der Waals surface area (Å²) < 4.78 is 0. The molecule has 0 spiro atoms. The lowest BCUT2D eigenvalue weighted by atomic mass is 9.97. The van der Waals surface area contributed by atoms with Crippen molar-refractivity contribution in [1.82, 2.24) is 10.2 Å². The van der Waals surface area contributed by atoms with E-state index < -0.39 is 0 Å². The van der Waals surface area contributed by atoms with Crippen molar-refractivity contribution in [3.63, 3.8) is 0 Å². The molecule has 0 radical (unpaired) electrons. The molecule has 0 aliphatic carbocycles. The van der Waals surface area contributed by atoms with Gasteiger partial charge in [-0.2, -0.15) is 0 Å². The van der Waals surface area contributed by atoms with E-state index in [1.54, 1.807) is 0 Å². The van der Waals surface area contributed by atoms with Gasteiger partial charge < -0.3 is 5.32 Å². The van der Waals surface area contributed by atoms with Crippen LogP contribution in [0.1, 0.15) is 17.5 Å². The van der Waals surface area contributed by atoms with E-state index in [0.717, 1.165) is 19.5 Å². The topological polar surface area (TPSA) is 15.3 Å². The minimum Gasteiger partial charge on any atom is -0.314 e. The van der Waals surface area contributed by atoms with Crippen LogP contribution in [-0.4, -0.2) is 37.1 Å². The molecular formula is C20H26N2. The predicted molar refractivity (Wildman–Crippen MR) is 93.1 cm³/mol. The molecule has 2 aromatic carbocycles. The summed E-state index contributed by atoms with van der Waals surface area (Å²) >= 11 is 0. The molecule has 0 amide bonds. The molecule has 1 heterocycles. The maximum Gasteiger partial charge on any atom is 0.0140 e. The summed E-state index contributed by atoms with van der Waals surface area (Å²) in [5, 5.41) is 3.47. The first-order valence-corrected chi connectivity index (χ1v) is 8.44. The van der Waals surface area contributed by atoms with Crippen molar-refractivity contribution in [1.29, 1.82) is 0 Å². The number of nitrogens with one attached hydrogen (secondary N) is 1. The normalized spacial score (nSPS) is 17.3. The van der Waals surface area contributed by atoms with Crippen LogP contribution in [0.2, 0.25) is 0 Å². The summed E-state index contributed by atoms with van der Waals surface area (Å²) in [4.78, 5) is 2.67. The molecule has 22 heavy (non-hydrogen) atoms. The lowest BCUT2D eigenvalue weighted by Gasteiger charge is -2.35. The summed E-state index contributed by atoms with van der Waals surface area (Å²) in [6, 6.07) is 22.5. The molecule has 1 unspecified atom stereocenters. The number of hydrogen-bond acceptors (Lipinski definition) is 2. The minimum atomic E-state index is 0.643. The van der Waals surface area contributed by atoms with Crippen LogP contribution in [0.3, 0.4) is 0 Å². The maximum absolute atomic E-state index is 3.47. The highest BCUT2D eigenvalue weighted by Crippen LogP contribution is 2.16. The Labute approximate surface area is 134 Å². The first-order valence-electron chi connectivity index (χ1n) is 8.44. The molecule has 0 saturated carbocycles. The molecule has 2 aromatic rings. The van der Waals surface area contributed by atoms with Crippen molar-refractivity contribution in [3.05, 3.63) is 71.8 Å². The molecule has 1 aliphatic rings. The summed E-state index contributed by atoms with van der Waals surface area (Å²) in [6.07, 6.45) is 3.56. The Kier molecular flexibility index (Phi) is 5.63. The molecule has 1 aliphatic heterocycles. The van der Waals surface area contributed by atoms with Crippen LogP contribution in [0.4, 0.5) is 0 Å². The zero-order chi connectivity index (χ0) is 15.0. The molecule has 1 fully saturated rings. The Morgan fingerprint density at radius 3 is 2.05 bits per heavy atom. The Morgan fingerprint density at radius 1 is 0.818 bits per heavy atom. The highest BCUT2D eigenvalue weighted by atomic mass is 15.2. The second-order valence-corrected chi connectivity index (χ2v) is 6.15. The van der Waals surface area contributed by atoms with Gasteiger partial charge in [0.25, 0.3) is 0 Å². The Bertz CT molecular complexity index is 532. The van der Waals surface area contributed by atoms with E-state index in [9.17, 15) is 0 Å². The fourth-order valence-corrected chi connectivity index (χ4v) is 3.33. The van der Waals surface area contributed by atoms with E-state index in [-0.39, 0.29) is 0 Å². The number of benzene rings is 2. The lowest BCUT2D eigenvalue weighted by molar-refractivity contribution is 0.164. The molecule has 2 nitrogen and oxygen atoms in total. The molecule has 3 rings (SSSR count). The second kappa shape index (κ2) is 8.11. The van der Waals surface area contributed by atoms with Gasteiger partial charge in [0.1, 0.15) is 0 Å². The van der Waals surface area contributed by atoms with Gasteiger partial charge in [-0.05, 0) is 30.4 Å². The van der Waals surface area contributed by atoms with Crippen LogP contribution in [0, 0.1) is 0 Å². The zero-order valence-electron chi connectivity index (χ0n) is 13.2. The highest BCUT2D eigenvalue weighted by Gasteiger charge is 2.20. The standard InChI is InChI=1S/C20H26N2/c1-3-7-18(8-4-1)11-12-20(22-15-13-21-14-16-22)17-19-9-5-2-6-10-19/h1-10,20-21H,11-17H2. The molecule has 1 N–H and O–H groups in total. The zero-order valence-corrected chi connectivity index (χ0v) is 13.2. The van der Waals surface area contributed by atoms with Gasteiger partial charge in [-0.1, -0.05) is 60.7 Å². The first kappa shape index (κ1) is 15.3. The van der Waals surface area contributed by atoms with Crippen LogP contribution < -0.4 is 5.32 Å². The number of aryl methyl sites for hydroxylation is 1. The van der Waals surface area contributed by atoms with Gasteiger partial charge >= 0.3 is 0 Å². The second-order valence-electron chi connectivity index (χ2n) is 6.15. The third-order valence-corrected chi connectivity index (χ3v) is 4.59. The van der Waals surface area contributed by atoms with Gasteiger partial charge in [-0.3, -0.25) is 4.90 Å². The van der Waals surface area contributed by atoms with Gasteiger partial charge in [0.2, 0.25) is 0 Å². The fourth-order valence-electron chi connectivity index (χ4n) is 3.33. The average Bonchev–Trinajstić information content (AvgIpc) is 2.61. The first-order chi connectivity index (χ1) is 10.9. The molecule has 0 bridgehead atoms. The van der Waals surface area contributed by atoms with E-state index in [0.29, 0.717) is 6.04 Å². The van der Waals surface area contributed by atoms with E-state index in [2.05, 4.69) is 70.9 Å². The summed E-state index contributed by atoms with van der Waals surface area (Å²) in [5.41, 5.74) is 2.91. The largest absolute Gasteiger partial charge is 0.314 e. The molecule has 2 heteroatoms. The molecule has 116 valence electrons.